The van der Waals surface area contributed by atoms with Crippen molar-refractivity contribution in [1.82, 2.24) is 4.90 Å². The summed E-state index contributed by atoms with van der Waals surface area (Å²) in [6.45, 7) is 2.78. The molecule has 0 aliphatic heterocycles. The minimum atomic E-state index is -0.464. The Bertz CT molecular complexity index is 435. The maximum absolute atomic E-state index is 10.5. The van der Waals surface area contributed by atoms with Crippen LogP contribution in [0.25, 0.3) is 0 Å². The molecule has 1 aromatic carbocycles. The Morgan fingerprint density at radius 1 is 1.42 bits per heavy atom. The standard InChI is InChI=1S/C15H23NO3/c1-10(9-18-3)16(2)14-7-11-5-6-12(19-4)8-13(11)15(14)17/h5-6,8,10,14-15,17H,7,9H2,1-4H3. The van der Waals surface area contributed by atoms with Gasteiger partial charge in [0.05, 0.1) is 19.8 Å². The van der Waals surface area contributed by atoms with Crippen molar-refractivity contribution < 1.29 is 14.6 Å². The minimum Gasteiger partial charge on any atom is -0.497 e. The first-order valence-corrected chi connectivity index (χ1v) is 6.64. The zero-order valence-electron chi connectivity index (χ0n) is 12.1. The summed E-state index contributed by atoms with van der Waals surface area (Å²) in [5.41, 5.74) is 2.19. The zero-order chi connectivity index (χ0) is 14.0. The van der Waals surface area contributed by atoms with Gasteiger partial charge in [-0.25, -0.2) is 0 Å². The van der Waals surface area contributed by atoms with Gasteiger partial charge in [-0.3, -0.25) is 4.90 Å². The molecule has 3 unspecified atom stereocenters. The van der Waals surface area contributed by atoms with Crippen LogP contribution in [0.15, 0.2) is 18.2 Å². The number of ether oxygens (including phenoxy) is 2. The van der Waals surface area contributed by atoms with Crippen LogP contribution in [0.1, 0.15) is 24.2 Å². The molecule has 0 heterocycles. The second-order valence-corrected chi connectivity index (χ2v) is 5.25. The monoisotopic (exact) mass is 265 g/mol. The molecule has 0 radical (unpaired) electrons. The summed E-state index contributed by atoms with van der Waals surface area (Å²) in [4.78, 5) is 2.20. The maximum atomic E-state index is 10.5. The van der Waals surface area contributed by atoms with Crippen molar-refractivity contribution in [2.24, 2.45) is 0 Å². The lowest BCUT2D eigenvalue weighted by molar-refractivity contribution is 0.0294. The molecule has 1 aliphatic carbocycles. The van der Waals surface area contributed by atoms with E-state index in [0.29, 0.717) is 6.61 Å². The fourth-order valence-electron chi connectivity index (χ4n) is 2.76. The average molecular weight is 265 g/mol. The van der Waals surface area contributed by atoms with Gasteiger partial charge in [0.1, 0.15) is 5.75 Å². The van der Waals surface area contributed by atoms with E-state index in [9.17, 15) is 5.11 Å². The number of likely N-dealkylation sites (N-methyl/N-ethyl adjacent to an activating group) is 1. The molecule has 3 atom stereocenters. The van der Waals surface area contributed by atoms with Crippen molar-refractivity contribution in [2.75, 3.05) is 27.9 Å². The van der Waals surface area contributed by atoms with Gasteiger partial charge in [0.2, 0.25) is 0 Å². The molecule has 1 aliphatic rings. The number of nitrogens with zero attached hydrogens (tertiary/aromatic N) is 1. The highest BCUT2D eigenvalue weighted by molar-refractivity contribution is 5.41. The van der Waals surface area contributed by atoms with Crippen LogP contribution in [0.4, 0.5) is 0 Å². The quantitative estimate of drug-likeness (QED) is 0.878. The Morgan fingerprint density at radius 2 is 2.16 bits per heavy atom. The van der Waals surface area contributed by atoms with Gasteiger partial charge in [-0.05, 0) is 43.7 Å². The zero-order valence-corrected chi connectivity index (χ0v) is 12.1. The first-order chi connectivity index (χ1) is 9.08. The predicted octanol–water partition coefficient (Wildman–Crippen LogP) is 1.62. The second-order valence-electron chi connectivity index (χ2n) is 5.25. The largest absolute Gasteiger partial charge is 0.497 e. The van der Waals surface area contributed by atoms with Gasteiger partial charge < -0.3 is 14.6 Å². The molecule has 0 spiro atoms. The second kappa shape index (κ2) is 5.90. The van der Waals surface area contributed by atoms with E-state index >= 15 is 0 Å². The molecule has 0 bridgehead atoms. The fourth-order valence-corrected chi connectivity index (χ4v) is 2.76. The lowest BCUT2D eigenvalue weighted by Gasteiger charge is -2.32. The van der Waals surface area contributed by atoms with Crippen LogP contribution >= 0.6 is 0 Å². The molecule has 0 amide bonds. The third-order valence-electron chi connectivity index (χ3n) is 4.09. The molecule has 2 rings (SSSR count). The number of methoxy groups -OCH3 is 2. The summed E-state index contributed by atoms with van der Waals surface area (Å²) in [6, 6.07) is 6.32. The number of fused-ring (bicyclic) bond motifs is 1. The van der Waals surface area contributed by atoms with E-state index in [0.717, 1.165) is 17.7 Å². The van der Waals surface area contributed by atoms with Crippen molar-refractivity contribution in [3.63, 3.8) is 0 Å². The number of hydrogen-bond donors (Lipinski definition) is 1. The van der Waals surface area contributed by atoms with Crippen LogP contribution in [-0.4, -0.2) is 50.0 Å². The van der Waals surface area contributed by atoms with E-state index in [4.69, 9.17) is 9.47 Å². The SMILES string of the molecule is COCC(C)N(C)C1Cc2ccc(OC)cc2C1O. The van der Waals surface area contributed by atoms with Gasteiger partial charge in [-0.2, -0.15) is 0 Å². The molecule has 4 nitrogen and oxygen atoms in total. The Hall–Kier alpha value is -1.10. The van der Waals surface area contributed by atoms with E-state index in [1.165, 1.54) is 5.56 Å². The highest BCUT2D eigenvalue weighted by Crippen LogP contribution is 2.36. The topological polar surface area (TPSA) is 41.9 Å². The van der Waals surface area contributed by atoms with E-state index < -0.39 is 6.10 Å². The molecule has 1 aromatic rings. The van der Waals surface area contributed by atoms with Crippen molar-refractivity contribution in [2.45, 2.75) is 31.5 Å². The van der Waals surface area contributed by atoms with Gasteiger partial charge in [-0.15, -0.1) is 0 Å². The number of benzene rings is 1. The van der Waals surface area contributed by atoms with Crippen molar-refractivity contribution in [3.8, 4) is 5.75 Å². The summed E-state index contributed by atoms with van der Waals surface area (Å²) < 4.78 is 10.4. The van der Waals surface area contributed by atoms with Crippen LogP contribution in [0.2, 0.25) is 0 Å². The van der Waals surface area contributed by atoms with Crippen molar-refractivity contribution >= 4 is 0 Å². The average Bonchev–Trinajstić information content (AvgIpc) is 2.75. The van der Waals surface area contributed by atoms with Gasteiger partial charge in [-0.1, -0.05) is 6.07 Å². The van der Waals surface area contributed by atoms with E-state index in [1.54, 1.807) is 14.2 Å². The highest BCUT2D eigenvalue weighted by atomic mass is 16.5. The molecular formula is C15H23NO3. The molecule has 19 heavy (non-hydrogen) atoms. The van der Waals surface area contributed by atoms with Gasteiger partial charge in [0, 0.05) is 19.2 Å². The third kappa shape index (κ3) is 2.76. The summed E-state index contributed by atoms with van der Waals surface area (Å²) in [5, 5.41) is 10.5. The molecule has 1 N–H and O–H groups in total. The number of aliphatic hydroxyl groups is 1. The molecular weight excluding hydrogens is 242 g/mol. The normalized spacial score (nSPS) is 23.5. The Kier molecular flexibility index (Phi) is 4.45. The van der Waals surface area contributed by atoms with Crippen LogP contribution < -0.4 is 4.74 Å². The van der Waals surface area contributed by atoms with E-state index in [1.807, 2.05) is 25.2 Å². The summed E-state index contributed by atoms with van der Waals surface area (Å²) >= 11 is 0. The molecule has 0 saturated carbocycles. The molecule has 0 aromatic heterocycles. The molecule has 0 saturated heterocycles. The Morgan fingerprint density at radius 3 is 2.79 bits per heavy atom. The molecule has 106 valence electrons. The first-order valence-electron chi connectivity index (χ1n) is 6.64. The smallest absolute Gasteiger partial charge is 0.119 e. The molecule has 4 heteroatoms. The number of aliphatic hydroxyl groups excluding tert-OH is 1. The lowest BCUT2D eigenvalue weighted by atomic mass is 10.1. The van der Waals surface area contributed by atoms with Crippen LogP contribution in [0.3, 0.4) is 0 Å². The fraction of sp³-hybridized carbons (Fsp3) is 0.600. The van der Waals surface area contributed by atoms with Crippen molar-refractivity contribution in [1.29, 1.82) is 0 Å². The number of rotatable bonds is 5. The third-order valence-corrected chi connectivity index (χ3v) is 4.09. The van der Waals surface area contributed by atoms with Gasteiger partial charge in [0.15, 0.2) is 0 Å². The van der Waals surface area contributed by atoms with Crippen LogP contribution in [0.5, 0.6) is 5.75 Å². The predicted molar refractivity (Wildman–Crippen MR) is 74.5 cm³/mol. The summed E-state index contributed by atoms with van der Waals surface area (Å²) in [7, 11) is 5.39. The first kappa shape index (κ1) is 14.3. The molecule has 0 fully saturated rings. The van der Waals surface area contributed by atoms with Crippen molar-refractivity contribution in [3.05, 3.63) is 29.3 Å². The summed E-state index contributed by atoms with van der Waals surface area (Å²) in [6.07, 6.45) is 0.403. The summed E-state index contributed by atoms with van der Waals surface area (Å²) in [5.74, 6) is 0.797. The van der Waals surface area contributed by atoms with Gasteiger partial charge >= 0.3 is 0 Å². The minimum absolute atomic E-state index is 0.104. The number of hydrogen-bond acceptors (Lipinski definition) is 4. The lowest BCUT2D eigenvalue weighted by Crippen LogP contribution is -2.43. The Balaban J connectivity index is 2.16. The highest BCUT2D eigenvalue weighted by Gasteiger charge is 2.35. The van der Waals surface area contributed by atoms with Crippen LogP contribution in [0, 0.1) is 0 Å². The van der Waals surface area contributed by atoms with Crippen LogP contribution in [-0.2, 0) is 11.2 Å². The van der Waals surface area contributed by atoms with E-state index in [2.05, 4.69) is 11.8 Å². The van der Waals surface area contributed by atoms with Gasteiger partial charge in [0.25, 0.3) is 0 Å². The maximum Gasteiger partial charge on any atom is 0.119 e. The van der Waals surface area contributed by atoms with E-state index in [-0.39, 0.29) is 12.1 Å². The Labute approximate surface area is 114 Å².